The number of hydrogen-bond donors (Lipinski definition) is 1. The largest absolute Gasteiger partial charge is 0.376 e. The maximum Gasteiger partial charge on any atom is 0.241 e. The van der Waals surface area contributed by atoms with Gasteiger partial charge in [-0.25, -0.2) is 13.1 Å². The number of thioether (sulfide) groups is 1. The fourth-order valence-corrected chi connectivity index (χ4v) is 6.24. The van der Waals surface area contributed by atoms with E-state index in [1.54, 1.807) is 18.9 Å². The van der Waals surface area contributed by atoms with Gasteiger partial charge in [-0.2, -0.15) is 11.8 Å². The van der Waals surface area contributed by atoms with Crippen molar-refractivity contribution < 1.29 is 13.2 Å². The molecule has 0 aliphatic carbocycles. The van der Waals surface area contributed by atoms with Crippen LogP contribution < -0.4 is 4.72 Å². The van der Waals surface area contributed by atoms with Gasteiger partial charge < -0.3 is 4.74 Å². The molecular formula is C17H27NO3S2. The fraction of sp³-hybridized carbons (Fsp3) is 0.647. The van der Waals surface area contributed by atoms with Crippen LogP contribution in [0.15, 0.2) is 4.90 Å². The molecule has 0 amide bonds. The standard InChI is InChI=1S/C17H27NO3S2/c1-11-12(2)14(4)16(15(5)13(11)3)23(19,20)18-9-17(21-6)7-8-22-10-17/h18H,7-10H2,1-6H3. The van der Waals surface area contributed by atoms with Crippen LogP contribution in [0.2, 0.25) is 0 Å². The van der Waals surface area contributed by atoms with E-state index in [2.05, 4.69) is 4.72 Å². The van der Waals surface area contributed by atoms with Crippen molar-refractivity contribution in [1.82, 2.24) is 4.72 Å². The zero-order chi connectivity index (χ0) is 17.4. The number of rotatable bonds is 5. The van der Waals surface area contributed by atoms with Gasteiger partial charge >= 0.3 is 0 Å². The quantitative estimate of drug-likeness (QED) is 0.880. The Morgan fingerprint density at radius 1 is 1.04 bits per heavy atom. The van der Waals surface area contributed by atoms with Crippen molar-refractivity contribution in [2.75, 3.05) is 25.2 Å². The minimum atomic E-state index is -3.56. The summed E-state index contributed by atoms with van der Waals surface area (Å²) in [5.41, 5.74) is 4.56. The van der Waals surface area contributed by atoms with Crippen molar-refractivity contribution in [1.29, 1.82) is 0 Å². The molecule has 23 heavy (non-hydrogen) atoms. The second kappa shape index (κ2) is 6.75. The molecule has 1 N–H and O–H groups in total. The van der Waals surface area contributed by atoms with Crippen LogP contribution in [0.1, 0.15) is 34.2 Å². The molecule has 2 rings (SSSR count). The summed E-state index contributed by atoms with van der Waals surface area (Å²) in [4.78, 5) is 0.426. The highest BCUT2D eigenvalue weighted by atomic mass is 32.2. The zero-order valence-corrected chi connectivity index (χ0v) is 16.5. The lowest BCUT2D eigenvalue weighted by Gasteiger charge is -2.27. The maximum atomic E-state index is 12.9. The van der Waals surface area contributed by atoms with E-state index in [0.29, 0.717) is 11.4 Å². The van der Waals surface area contributed by atoms with Gasteiger partial charge in [-0.1, -0.05) is 0 Å². The van der Waals surface area contributed by atoms with Crippen LogP contribution >= 0.6 is 11.8 Å². The van der Waals surface area contributed by atoms with E-state index in [-0.39, 0.29) is 5.60 Å². The SMILES string of the molecule is COC1(CNS(=O)(=O)c2c(C)c(C)c(C)c(C)c2C)CCSC1. The van der Waals surface area contributed by atoms with Crippen LogP contribution in [-0.2, 0) is 14.8 Å². The van der Waals surface area contributed by atoms with Crippen LogP contribution in [0.5, 0.6) is 0 Å². The Labute approximate surface area is 144 Å². The molecule has 0 saturated carbocycles. The average Bonchev–Trinajstić information content (AvgIpc) is 2.99. The summed E-state index contributed by atoms with van der Waals surface area (Å²) in [6.07, 6.45) is 0.876. The molecule has 1 aromatic carbocycles. The summed E-state index contributed by atoms with van der Waals surface area (Å²) in [6, 6.07) is 0. The van der Waals surface area contributed by atoms with Crippen LogP contribution in [0.4, 0.5) is 0 Å². The third-order valence-electron chi connectivity index (χ3n) is 5.28. The predicted molar refractivity (Wildman–Crippen MR) is 97.0 cm³/mol. The van der Waals surface area contributed by atoms with Crippen molar-refractivity contribution in [3.8, 4) is 0 Å². The summed E-state index contributed by atoms with van der Waals surface area (Å²) in [7, 11) is -1.89. The second-order valence-corrected chi connectivity index (χ2v) is 9.28. The zero-order valence-electron chi connectivity index (χ0n) is 14.9. The maximum absolute atomic E-state index is 12.9. The van der Waals surface area contributed by atoms with Crippen molar-refractivity contribution >= 4 is 21.8 Å². The first kappa shape index (κ1) is 18.8. The first-order valence-corrected chi connectivity index (χ1v) is 10.5. The Kier molecular flexibility index (Phi) is 5.51. The monoisotopic (exact) mass is 357 g/mol. The average molecular weight is 358 g/mol. The van der Waals surface area contributed by atoms with Gasteiger partial charge in [-0.05, 0) is 74.6 Å². The van der Waals surface area contributed by atoms with Gasteiger partial charge in [-0.3, -0.25) is 0 Å². The molecule has 4 nitrogen and oxygen atoms in total. The number of benzene rings is 1. The summed E-state index contributed by atoms with van der Waals surface area (Å²) >= 11 is 1.81. The van der Waals surface area contributed by atoms with E-state index in [1.165, 1.54) is 5.56 Å². The molecule has 1 saturated heterocycles. The highest BCUT2D eigenvalue weighted by Crippen LogP contribution is 2.32. The number of sulfonamides is 1. The van der Waals surface area contributed by atoms with E-state index in [1.807, 2.05) is 34.6 Å². The molecule has 1 unspecified atom stereocenters. The van der Waals surface area contributed by atoms with Crippen molar-refractivity contribution in [2.45, 2.75) is 51.5 Å². The van der Waals surface area contributed by atoms with E-state index in [4.69, 9.17) is 4.74 Å². The van der Waals surface area contributed by atoms with Gasteiger partial charge in [-0.15, -0.1) is 0 Å². The van der Waals surface area contributed by atoms with Crippen LogP contribution in [-0.4, -0.2) is 39.2 Å². The lowest BCUT2D eigenvalue weighted by atomic mass is 9.95. The topological polar surface area (TPSA) is 55.4 Å². The molecule has 6 heteroatoms. The van der Waals surface area contributed by atoms with E-state index >= 15 is 0 Å². The van der Waals surface area contributed by atoms with Crippen LogP contribution in [0, 0.1) is 34.6 Å². The lowest BCUT2D eigenvalue weighted by molar-refractivity contribution is 0.0179. The molecule has 0 radical (unpaired) electrons. The number of ether oxygens (including phenoxy) is 1. The minimum absolute atomic E-state index is 0.323. The Morgan fingerprint density at radius 2 is 1.57 bits per heavy atom. The second-order valence-electron chi connectivity index (χ2n) is 6.47. The number of methoxy groups -OCH3 is 1. The normalized spacial score (nSPS) is 21.8. The third-order valence-corrected chi connectivity index (χ3v) is 8.18. The van der Waals surface area contributed by atoms with Gasteiger partial charge in [0, 0.05) is 19.4 Å². The van der Waals surface area contributed by atoms with E-state index in [9.17, 15) is 8.42 Å². The van der Waals surface area contributed by atoms with Crippen molar-refractivity contribution in [2.24, 2.45) is 0 Å². The van der Waals surface area contributed by atoms with E-state index < -0.39 is 10.0 Å². The van der Waals surface area contributed by atoms with Gasteiger partial charge in [0.25, 0.3) is 0 Å². The predicted octanol–water partition coefficient (Wildman–Crippen LogP) is 3.03. The summed E-state index contributed by atoms with van der Waals surface area (Å²) < 4.78 is 34.3. The fourth-order valence-electron chi connectivity index (χ4n) is 3.13. The Morgan fingerprint density at radius 3 is 2.00 bits per heavy atom. The molecule has 1 aromatic rings. The molecule has 0 aromatic heterocycles. The molecule has 1 fully saturated rings. The van der Waals surface area contributed by atoms with Crippen LogP contribution in [0.25, 0.3) is 0 Å². The molecule has 1 aliphatic heterocycles. The van der Waals surface area contributed by atoms with Gasteiger partial charge in [0.2, 0.25) is 10.0 Å². The minimum Gasteiger partial charge on any atom is -0.376 e. The Balaban J connectivity index is 2.37. The van der Waals surface area contributed by atoms with Gasteiger partial charge in [0.1, 0.15) is 0 Å². The van der Waals surface area contributed by atoms with Gasteiger partial charge in [0.05, 0.1) is 10.5 Å². The Bertz CT molecular complexity index is 676. The van der Waals surface area contributed by atoms with E-state index in [0.717, 1.165) is 40.2 Å². The molecule has 1 heterocycles. The molecule has 0 bridgehead atoms. The lowest BCUT2D eigenvalue weighted by Crippen LogP contribution is -2.44. The summed E-state index contributed by atoms with van der Waals surface area (Å²) in [6.45, 7) is 10.1. The first-order chi connectivity index (χ1) is 10.7. The molecule has 0 spiro atoms. The summed E-state index contributed by atoms with van der Waals surface area (Å²) in [5.74, 6) is 1.84. The van der Waals surface area contributed by atoms with Gasteiger partial charge in [0.15, 0.2) is 0 Å². The smallest absolute Gasteiger partial charge is 0.241 e. The first-order valence-electron chi connectivity index (χ1n) is 7.85. The molecule has 130 valence electrons. The third kappa shape index (κ3) is 3.45. The number of hydrogen-bond acceptors (Lipinski definition) is 4. The van der Waals surface area contributed by atoms with Crippen molar-refractivity contribution in [3.05, 3.63) is 27.8 Å². The summed E-state index contributed by atoms with van der Waals surface area (Å²) in [5, 5.41) is 0. The molecule has 1 aliphatic rings. The number of nitrogens with one attached hydrogen (secondary N) is 1. The van der Waals surface area contributed by atoms with Crippen LogP contribution in [0.3, 0.4) is 0 Å². The molecular weight excluding hydrogens is 330 g/mol. The highest BCUT2D eigenvalue weighted by molar-refractivity contribution is 7.99. The highest BCUT2D eigenvalue weighted by Gasteiger charge is 2.36. The van der Waals surface area contributed by atoms with Crippen molar-refractivity contribution in [3.63, 3.8) is 0 Å². The molecule has 1 atom stereocenters. The Hall–Kier alpha value is -0.560.